The topological polar surface area (TPSA) is 71.5 Å². The van der Waals surface area contributed by atoms with E-state index in [9.17, 15) is 8.42 Å². The van der Waals surface area contributed by atoms with Crippen molar-refractivity contribution in [2.24, 2.45) is 0 Å². The fourth-order valence-electron chi connectivity index (χ4n) is 3.14. The van der Waals surface area contributed by atoms with Gasteiger partial charge in [0.1, 0.15) is 20.7 Å². The van der Waals surface area contributed by atoms with Crippen LogP contribution >= 0.6 is 11.3 Å². The monoisotopic (exact) mass is 389 g/mol. The molecule has 26 heavy (non-hydrogen) atoms. The second kappa shape index (κ2) is 6.86. The van der Waals surface area contributed by atoms with Crippen molar-refractivity contribution in [2.75, 3.05) is 38.2 Å². The highest BCUT2D eigenvalue weighted by Crippen LogP contribution is 2.38. The fourth-order valence-corrected chi connectivity index (χ4v) is 6.06. The number of benzene rings is 1. The van der Waals surface area contributed by atoms with Crippen molar-refractivity contribution in [2.45, 2.75) is 9.10 Å². The molecule has 0 radical (unpaired) electrons. The predicted octanol–water partition coefficient (Wildman–Crippen LogP) is 2.55. The summed E-state index contributed by atoms with van der Waals surface area (Å²) < 4.78 is 32.8. The van der Waals surface area contributed by atoms with Crippen LogP contribution in [0.1, 0.15) is 0 Å². The number of anilines is 1. The quantitative estimate of drug-likeness (QED) is 0.739. The zero-order chi connectivity index (χ0) is 18.1. The summed E-state index contributed by atoms with van der Waals surface area (Å²) in [6.45, 7) is 3.51. The minimum Gasteiger partial charge on any atom is -0.495 e. The summed E-state index contributed by atoms with van der Waals surface area (Å²) >= 11 is 1.27. The smallest absolute Gasteiger partial charge is 0.219 e. The number of methoxy groups -OCH3 is 1. The van der Waals surface area contributed by atoms with Gasteiger partial charge in [-0.1, -0.05) is 12.1 Å². The van der Waals surface area contributed by atoms with Crippen molar-refractivity contribution in [1.29, 1.82) is 0 Å². The lowest BCUT2D eigenvalue weighted by molar-refractivity contribution is 0.403. The summed E-state index contributed by atoms with van der Waals surface area (Å²) in [6.07, 6.45) is 1.75. The highest BCUT2D eigenvalue weighted by molar-refractivity contribution is 7.93. The van der Waals surface area contributed by atoms with Crippen molar-refractivity contribution in [1.82, 2.24) is 10.3 Å². The van der Waals surface area contributed by atoms with Crippen LogP contribution in [-0.2, 0) is 9.84 Å². The van der Waals surface area contributed by atoms with Crippen LogP contribution < -0.4 is 15.0 Å². The molecule has 1 aliphatic rings. The SMILES string of the molecule is COc1ccccc1S(=O)(=O)c1cc2c(N3CCNCC3)nccc2s1. The summed E-state index contributed by atoms with van der Waals surface area (Å²) in [6, 6.07) is 10.3. The molecule has 1 aromatic carbocycles. The Bertz CT molecular complexity index is 1040. The highest BCUT2D eigenvalue weighted by atomic mass is 32.2. The Labute approximate surface area is 156 Å². The molecule has 3 aromatic rings. The lowest BCUT2D eigenvalue weighted by atomic mass is 10.2. The van der Waals surface area contributed by atoms with Gasteiger partial charge in [0.05, 0.1) is 7.11 Å². The van der Waals surface area contributed by atoms with Gasteiger partial charge in [-0.2, -0.15) is 0 Å². The number of thiophene rings is 1. The van der Waals surface area contributed by atoms with Gasteiger partial charge < -0.3 is 15.0 Å². The van der Waals surface area contributed by atoms with Gasteiger partial charge in [0.15, 0.2) is 0 Å². The number of fused-ring (bicyclic) bond motifs is 1. The number of hydrogen-bond donors (Lipinski definition) is 1. The normalized spacial score (nSPS) is 15.3. The Morgan fingerprint density at radius 2 is 1.96 bits per heavy atom. The van der Waals surface area contributed by atoms with E-state index < -0.39 is 9.84 Å². The van der Waals surface area contributed by atoms with Crippen LogP contribution in [0, 0.1) is 0 Å². The molecular weight excluding hydrogens is 370 g/mol. The van der Waals surface area contributed by atoms with Gasteiger partial charge in [0.2, 0.25) is 9.84 Å². The highest BCUT2D eigenvalue weighted by Gasteiger charge is 2.25. The number of sulfone groups is 1. The van der Waals surface area contributed by atoms with Crippen molar-refractivity contribution in [3.8, 4) is 5.75 Å². The number of pyridine rings is 1. The minimum atomic E-state index is -3.66. The number of aromatic nitrogens is 1. The number of nitrogens with zero attached hydrogens (tertiary/aromatic N) is 2. The predicted molar refractivity (Wildman–Crippen MR) is 103 cm³/mol. The molecule has 0 saturated carbocycles. The maximum Gasteiger partial charge on any atom is 0.219 e. The first-order valence-corrected chi connectivity index (χ1v) is 10.6. The molecule has 1 aliphatic heterocycles. The van der Waals surface area contributed by atoms with Crippen LogP contribution in [0.2, 0.25) is 0 Å². The molecule has 1 fully saturated rings. The first-order chi connectivity index (χ1) is 12.6. The average Bonchev–Trinajstić information content (AvgIpc) is 3.14. The molecule has 136 valence electrons. The Hall–Kier alpha value is -2.16. The zero-order valence-electron chi connectivity index (χ0n) is 14.3. The van der Waals surface area contributed by atoms with E-state index in [0.717, 1.165) is 42.1 Å². The third kappa shape index (κ3) is 2.94. The summed E-state index contributed by atoms with van der Waals surface area (Å²) in [5, 5.41) is 4.20. The van der Waals surface area contributed by atoms with E-state index in [1.165, 1.54) is 18.4 Å². The van der Waals surface area contributed by atoms with Gasteiger partial charge in [-0.3, -0.25) is 0 Å². The molecule has 4 rings (SSSR count). The minimum absolute atomic E-state index is 0.186. The van der Waals surface area contributed by atoms with Crippen molar-refractivity contribution >= 4 is 37.1 Å². The molecule has 0 amide bonds. The molecule has 8 heteroatoms. The second-order valence-electron chi connectivity index (χ2n) is 6.00. The van der Waals surface area contributed by atoms with Crippen LogP contribution in [0.15, 0.2) is 51.7 Å². The third-order valence-electron chi connectivity index (χ3n) is 4.44. The van der Waals surface area contributed by atoms with Gasteiger partial charge in [0.25, 0.3) is 0 Å². The number of hydrogen-bond acceptors (Lipinski definition) is 7. The van der Waals surface area contributed by atoms with E-state index in [-0.39, 0.29) is 4.90 Å². The van der Waals surface area contributed by atoms with E-state index in [4.69, 9.17) is 4.74 Å². The van der Waals surface area contributed by atoms with Crippen LogP contribution in [0.3, 0.4) is 0 Å². The van der Waals surface area contributed by atoms with Gasteiger partial charge >= 0.3 is 0 Å². The summed E-state index contributed by atoms with van der Waals surface area (Å²) in [5.41, 5.74) is 0. The largest absolute Gasteiger partial charge is 0.495 e. The van der Waals surface area contributed by atoms with Crippen LogP contribution in [-0.4, -0.2) is 46.7 Å². The lowest BCUT2D eigenvalue weighted by Crippen LogP contribution is -2.43. The number of ether oxygens (including phenoxy) is 1. The molecule has 1 N–H and O–H groups in total. The molecule has 2 aromatic heterocycles. The average molecular weight is 390 g/mol. The summed E-state index contributed by atoms with van der Waals surface area (Å²) in [4.78, 5) is 6.90. The molecule has 0 aliphatic carbocycles. The van der Waals surface area contributed by atoms with E-state index in [2.05, 4.69) is 15.2 Å². The van der Waals surface area contributed by atoms with Crippen molar-refractivity contribution < 1.29 is 13.2 Å². The first-order valence-electron chi connectivity index (χ1n) is 8.33. The standard InChI is InChI=1S/C18H19N3O3S2/c1-24-14-4-2-3-5-16(14)26(22,23)17-12-13-15(25-17)6-7-20-18(13)21-10-8-19-9-11-21/h2-7,12,19H,8-11H2,1H3. The van der Waals surface area contributed by atoms with Crippen LogP contribution in [0.5, 0.6) is 5.75 Å². The molecule has 0 bridgehead atoms. The fraction of sp³-hybridized carbons (Fsp3) is 0.278. The van der Waals surface area contributed by atoms with Gasteiger partial charge in [-0.25, -0.2) is 13.4 Å². The molecule has 3 heterocycles. The Morgan fingerprint density at radius 1 is 1.19 bits per heavy atom. The Morgan fingerprint density at radius 3 is 2.73 bits per heavy atom. The van der Waals surface area contributed by atoms with E-state index in [1.807, 2.05) is 6.07 Å². The lowest BCUT2D eigenvalue weighted by Gasteiger charge is -2.28. The van der Waals surface area contributed by atoms with E-state index in [1.54, 1.807) is 36.5 Å². The molecule has 0 unspecified atom stereocenters. The van der Waals surface area contributed by atoms with Gasteiger partial charge in [-0.05, 0) is 24.3 Å². The molecule has 0 atom stereocenters. The molecule has 6 nitrogen and oxygen atoms in total. The molecular formula is C18H19N3O3S2. The Kier molecular flexibility index (Phi) is 4.56. The number of para-hydroxylation sites is 1. The zero-order valence-corrected chi connectivity index (χ0v) is 15.9. The van der Waals surface area contributed by atoms with Crippen LogP contribution in [0.25, 0.3) is 10.1 Å². The number of rotatable bonds is 4. The van der Waals surface area contributed by atoms with Crippen molar-refractivity contribution in [3.63, 3.8) is 0 Å². The number of nitrogens with one attached hydrogen (secondary N) is 1. The second-order valence-corrected chi connectivity index (χ2v) is 9.23. The number of piperazine rings is 1. The Balaban J connectivity index is 1.82. The van der Waals surface area contributed by atoms with E-state index >= 15 is 0 Å². The maximum absolute atomic E-state index is 13.2. The first kappa shape index (κ1) is 17.3. The molecule has 1 saturated heterocycles. The van der Waals surface area contributed by atoms with Gasteiger partial charge in [0, 0.05) is 42.5 Å². The van der Waals surface area contributed by atoms with Crippen molar-refractivity contribution in [3.05, 3.63) is 42.6 Å². The maximum atomic E-state index is 13.2. The third-order valence-corrected chi connectivity index (χ3v) is 7.81. The molecule has 0 spiro atoms. The summed E-state index contributed by atoms with van der Waals surface area (Å²) in [5.74, 6) is 1.20. The van der Waals surface area contributed by atoms with E-state index in [0.29, 0.717) is 9.96 Å². The van der Waals surface area contributed by atoms with Gasteiger partial charge in [-0.15, -0.1) is 11.3 Å². The van der Waals surface area contributed by atoms with Crippen LogP contribution in [0.4, 0.5) is 5.82 Å². The summed E-state index contributed by atoms with van der Waals surface area (Å²) in [7, 11) is -2.18.